The summed E-state index contributed by atoms with van der Waals surface area (Å²) >= 11 is 0. The zero-order chi connectivity index (χ0) is 16.4. The second-order valence-corrected chi connectivity index (χ2v) is 5.65. The quantitative estimate of drug-likeness (QED) is 0.821. The predicted octanol–water partition coefficient (Wildman–Crippen LogP) is 0.352. The minimum absolute atomic E-state index is 0.00444. The maximum absolute atomic E-state index is 12.6. The first-order chi connectivity index (χ1) is 11.1. The smallest absolute Gasteiger partial charge is 0.303 e. The van der Waals surface area contributed by atoms with Gasteiger partial charge in [0.05, 0.1) is 30.1 Å². The van der Waals surface area contributed by atoms with Crippen molar-refractivity contribution in [1.29, 1.82) is 0 Å². The number of amides is 1. The average Bonchev–Trinajstić information content (AvgIpc) is 3.25. The van der Waals surface area contributed by atoms with Crippen molar-refractivity contribution in [1.82, 2.24) is 30.1 Å². The Kier molecular flexibility index (Phi) is 4.09. The monoisotopic (exact) mass is 318 g/mol. The number of rotatable bonds is 5. The third-order valence-corrected chi connectivity index (χ3v) is 4.18. The summed E-state index contributed by atoms with van der Waals surface area (Å²) in [5, 5.41) is 23.6. The second kappa shape index (κ2) is 6.19. The van der Waals surface area contributed by atoms with Crippen molar-refractivity contribution in [2.75, 3.05) is 13.1 Å². The highest BCUT2D eigenvalue weighted by atomic mass is 16.4. The molecule has 2 aromatic heterocycles. The van der Waals surface area contributed by atoms with Gasteiger partial charge >= 0.3 is 5.97 Å². The standard InChI is InChI=1S/C14H18N6O3/c1-2-20-7-10(4-16-20)14(23)19-6-9(3-13(21)22)11(8-19)12-5-15-18-17-12/h4-5,7,9,11H,2-3,6,8H2,1H3,(H,21,22)(H,15,17,18)/t9-,11+/m1/s1. The van der Waals surface area contributed by atoms with Crippen molar-refractivity contribution in [3.63, 3.8) is 0 Å². The van der Waals surface area contributed by atoms with Crippen LogP contribution >= 0.6 is 0 Å². The van der Waals surface area contributed by atoms with Gasteiger partial charge in [0.1, 0.15) is 0 Å². The van der Waals surface area contributed by atoms with E-state index in [1.165, 1.54) is 0 Å². The number of aliphatic carboxylic acids is 1. The number of carboxylic acids is 1. The predicted molar refractivity (Wildman–Crippen MR) is 78.7 cm³/mol. The molecule has 2 atom stereocenters. The van der Waals surface area contributed by atoms with Crippen LogP contribution in [-0.2, 0) is 11.3 Å². The number of H-pyrrole nitrogens is 1. The van der Waals surface area contributed by atoms with Gasteiger partial charge in [-0.15, -0.1) is 0 Å². The summed E-state index contributed by atoms with van der Waals surface area (Å²) < 4.78 is 1.69. The van der Waals surface area contributed by atoms with E-state index in [4.69, 9.17) is 5.11 Å². The van der Waals surface area contributed by atoms with Gasteiger partial charge in [0.2, 0.25) is 0 Å². The van der Waals surface area contributed by atoms with Crippen LogP contribution in [0.25, 0.3) is 0 Å². The van der Waals surface area contributed by atoms with Crippen molar-refractivity contribution in [3.05, 3.63) is 29.8 Å². The second-order valence-electron chi connectivity index (χ2n) is 5.65. The minimum Gasteiger partial charge on any atom is -0.481 e. The number of aromatic nitrogens is 5. The Morgan fingerprint density at radius 2 is 2.22 bits per heavy atom. The minimum atomic E-state index is -0.878. The summed E-state index contributed by atoms with van der Waals surface area (Å²) in [6, 6.07) is 0. The van der Waals surface area contributed by atoms with E-state index in [-0.39, 0.29) is 24.2 Å². The molecule has 0 bridgehead atoms. The molecule has 2 N–H and O–H groups in total. The molecule has 0 aliphatic carbocycles. The first-order valence-electron chi connectivity index (χ1n) is 7.47. The molecule has 122 valence electrons. The number of hydrogen-bond donors (Lipinski definition) is 2. The van der Waals surface area contributed by atoms with Gasteiger partial charge in [-0.1, -0.05) is 0 Å². The molecule has 0 unspecified atom stereocenters. The van der Waals surface area contributed by atoms with Crippen molar-refractivity contribution in [2.45, 2.75) is 25.8 Å². The molecule has 3 rings (SSSR count). The van der Waals surface area contributed by atoms with Gasteiger partial charge in [0.25, 0.3) is 5.91 Å². The van der Waals surface area contributed by atoms with E-state index in [1.807, 2.05) is 6.92 Å². The van der Waals surface area contributed by atoms with E-state index in [2.05, 4.69) is 20.5 Å². The van der Waals surface area contributed by atoms with Crippen LogP contribution in [-0.4, -0.2) is 60.2 Å². The summed E-state index contributed by atoms with van der Waals surface area (Å²) in [4.78, 5) is 25.4. The summed E-state index contributed by atoms with van der Waals surface area (Å²) in [5.74, 6) is -1.32. The highest BCUT2D eigenvalue weighted by molar-refractivity contribution is 5.94. The maximum atomic E-state index is 12.6. The van der Waals surface area contributed by atoms with Gasteiger partial charge in [-0.05, 0) is 12.8 Å². The molecule has 1 amide bonds. The number of likely N-dealkylation sites (tertiary alicyclic amines) is 1. The number of carbonyl (C=O) groups excluding carboxylic acids is 1. The number of hydrogen-bond acceptors (Lipinski definition) is 5. The zero-order valence-electron chi connectivity index (χ0n) is 12.7. The third-order valence-electron chi connectivity index (χ3n) is 4.18. The van der Waals surface area contributed by atoms with E-state index < -0.39 is 5.97 Å². The van der Waals surface area contributed by atoms with Crippen LogP contribution < -0.4 is 0 Å². The lowest BCUT2D eigenvalue weighted by atomic mass is 9.91. The molecule has 1 aliphatic rings. The number of aryl methyl sites for hydroxylation is 1. The summed E-state index contributed by atoms with van der Waals surface area (Å²) in [6.45, 7) is 3.46. The SMILES string of the molecule is CCn1cc(C(=O)N2C[C@@H](CC(=O)O)[C@@H](c3cn[nH]n3)C2)cn1. The maximum Gasteiger partial charge on any atom is 0.303 e. The topological polar surface area (TPSA) is 117 Å². The van der Waals surface area contributed by atoms with Crippen LogP contribution in [0.2, 0.25) is 0 Å². The van der Waals surface area contributed by atoms with E-state index >= 15 is 0 Å². The molecular weight excluding hydrogens is 300 g/mol. The van der Waals surface area contributed by atoms with Crippen molar-refractivity contribution in [2.24, 2.45) is 5.92 Å². The summed E-state index contributed by atoms with van der Waals surface area (Å²) in [5.41, 5.74) is 1.21. The normalized spacial score (nSPS) is 20.8. The first-order valence-corrected chi connectivity index (χ1v) is 7.47. The molecule has 2 aromatic rings. The average molecular weight is 318 g/mol. The molecule has 1 aliphatic heterocycles. The molecule has 0 spiro atoms. The Labute approximate surface area is 132 Å². The lowest BCUT2D eigenvalue weighted by molar-refractivity contribution is -0.138. The fraction of sp³-hybridized carbons (Fsp3) is 0.500. The molecule has 23 heavy (non-hydrogen) atoms. The lowest BCUT2D eigenvalue weighted by Crippen LogP contribution is -2.29. The largest absolute Gasteiger partial charge is 0.481 e. The number of carbonyl (C=O) groups is 2. The van der Waals surface area contributed by atoms with Gasteiger partial charge in [-0.2, -0.15) is 20.5 Å². The van der Waals surface area contributed by atoms with Crippen molar-refractivity contribution < 1.29 is 14.7 Å². The van der Waals surface area contributed by atoms with Crippen molar-refractivity contribution >= 4 is 11.9 Å². The highest BCUT2D eigenvalue weighted by Gasteiger charge is 2.39. The van der Waals surface area contributed by atoms with Crippen LogP contribution in [0.15, 0.2) is 18.6 Å². The molecule has 0 radical (unpaired) electrons. The van der Waals surface area contributed by atoms with Gasteiger partial charge in [0.15, 0.2) is 0 Å². The van der Waals surface area contributed by atoms with Gasteiger partial charge < -0.3 is 10.0 Å². The number of carboxylic acid groups (broad SMARTS) is 1. The van der Waals surface area contributed by atoms with E-state index in [0.717, 1.165) is 0 Å². The molecule has 3 heterocycles. The molecule has 9 heteroatoms. The Bertz CT molecular complexity index is 695. The fourth-order valence-corrected chi connectivity index (χ4v) is 3.02. The van der Waals surface area contributed by atoms with E-state index in [9.17, 15) is 9.59 Å². The Morgan fingerprint density at radius 3 is 2.83 bits per heavy atom. The molecule has 1 fully saturated rings. The fourth-order valence-electron chi connectivity index (χ4n) is 3.02. The van der Waals surface area contributed by atoms with Crippen LogP contribution in [0.1, 0.15) is 35.3 Å². The highest BCUT2D eigenvalue weighted by Crippen LogP contribution is 2.34. The van der Waals surface area contributed by atoms with E-state index in [0.29, 0.717) is 30.9 Å². The Hall–Kier alpha value is -2.71. The molecular formula is C14H18N6O3. The zero-order valence-corrected chi connectivity index (χ0v) is 12.7. The Balaban J connectivity index is 1.78. The number of nitrogens with zero attached hydrogens (tertiary/aromatic N) is 5. The lowest BCUT2D eigenvalue weighted by Gasteiger charge is -2.14. The van der Waals surface area contributed by atoms with Crippen LogP contribution in [0.5, 0.6) is 0 Å². The molecule has 9 nitrogen and oxygen atoms in total. The van der Waals surface area contributed by atoms with Crippen LogP contribution in [0.3, 0.4) is 0 Å². The van der Waals surface area contributed by atoms with Gasteiger partial charge in [0, 0.05) is 31.7 Å². The van der Waals surface area contributed by atoms with Gasteiger partial charge in [-0.25, -0.2) is 0 Å². The van der Waals surface area contributed by atoms with Gasteiger partial charge in [-0.3, -0.25) is 14.3 Å². The number of nitrogens with one attached hydrogen (secondary N) is 1. The van der Waals surface area contributed by atoms with E-state index in [1.54, 1.807) is 28.2 Å². The summed E-state index contributed by atoms with van der Waals surface area (Å²) in [6.07, 6.45) is 4.83. The molecule has 0 aromatic carbocycles. The summed E-state index contributed by atoms with van der Waals surface area (Å²) in [7, 11) is 0. The third kappa shape index (κ3) is 3.08. The molecule has 1 saturated heterocycles. The van der Waals surface area contributed by atoms with Crippen LogP contribution in [0.4, 0.5) is 0 Å². The van der Waals surface area contributed by atoms with Crippen LogP contribution in [0, 0.1) is 5.92 Å². The van der Waals surface area contributed by atoms with Crippen molar-refractivity contribution in [3.8, 4) is 0 Å². The Morgan fingerprint density at radius 1 is 1.39 bits per heavy atom. The molecule has 0 saturated carbocycles. The number of aromatic amines is 1. The first kappa shape index (κ1) is 15.2.